The van der Waals surface area contributed by atoms with Crippen LogP contribution in [-0.2, 0) is 14.3 Å². The van der Waals surface area contributed by atoms with Crippen LogP contribution in [0.25, 0.3) is 12.2 Å². The second-order valence-electron chi connectivity index (χ2n) is 7.76. The van der Waals surface area contributed by atoms with Gasteiger partial charge in [0.1, 0.15) is 12.4 Å². The van der Waals surface area contributed by atoms with Crippen LogP contribution in [0.3, 0.4) is 0 Å². The zero-order valence-electron chi connectivity index (χ0n) is 18.4. The summed E-state index contributed by atoms with van der Waals surface area (Å²) in [5.74, 6) is 1.62. The van der Waals surface area contributed by atoms with E-state index in [1.165, 1.54) is 12.2 Å². The largest absolute Gasteiger partial charge is 0.492 e. The Bertz CT molecular complexity index is 1020. The lowest BCUT2D eigenvalue weighted by Crippen LogP contribution is -2.38. The van der Waals surface area contributed by atoms with E-state index in [2.05, 4.69) is 4.90 Å². The highest BCUT2D eigenvalue weighted by molar-refractivity contribution is 6.10. The van der Waals surface area contributed by atoms with Crippen LogP contribution in [-0.4, -0.2) is 62.7 Å². The van der Waals surface area contributed by atoms with Crippen LogP contribution in [0.2, 0.25) is 0 Å². The highest BCUT2D eigenvalue weighted by atomic mass is 16.7. The number of benzene rings is 2. The molecule has 0 aliphatic carbocycles. The van der Waals surface area contributed by atoms with E-state index in [-0.39, 0.29) is 24.8 Å². The fourth-order valence-electron chi connectivity index (χ4n) is 3.48. The second-order valence-corrected chi connectivity index (χ2v) is 7.76. The van der Waals surface area contributed by atoms with Crippen molar-refractivity contribution >= 4 is 23.7 Å². The normalized spacial score (nSPS) is 15.9. The molecule has 2 aliphatic heterocycles. The lowest BCUT2D eigenvalue weighted by Gasteiger charge is -2.26. The summed E-state index contributed by atoms with van der Waals surface area (Å²) in [4.78, 5) is 26.6. The number of fused-ring (bicyclic) bond motifs is 1. The molecular weight excluding hydrogens is 422 g/mol. The molecule has 0 N–H and O–H groups in total. The lowest BCUT2D eigenvalue weighted by molar-refractivity contribution is -0.121. The first-order valence-electron chi connectivity index (χ1n) is 11.0. The van der Waals surface area contributed by atoms with Gasteiger partial charge in [-0.05, 0) is 47.5 Å². The Morgan fingerprint density at radius 1 is 0.879 bits per heavy atom. The highest BCUT2D eigenvalue weighted by Gasteiger charge is 2.12. The number of morpholine rings is 1. The van der Waals surface area contributed by atoms with Crippen LogP contribution in [0.5, 0.6) is 17.2 Å². The first kappa shape index (κ1) is 22.8. The van der Waals surface area contributed by atoms with Gasteiger partial charge in [0.2, 0.25) is 6.79 Å². The number of carbonyl (C=O) groups excluding carboxylic acids is 2. The molecule has 0 atom stereocenters. The van der Waals surface area contributed by atoms with Crippen molar-refractivity contribution in [1.82, 2.24) is 4.90 Å². The highest BCUT2D eigenvalue weighted by Crippen LogP contribution is 2.32. The molecule has 7 nitrogen and oxygen atoms in total. The Kier molecular flexibility index (Phi) is 7.90. The van der Waals surface area contributed by atoms with E-state index in [0.717, 1.165) is 49.7 Å². The third kappa shape index (κ3) is 7.03. The summed E-state index contributed by atoms with van der Waals surface area (Å²) in [7, 11) is 0. The van der Waals surface area contributed by atoms with Crippen LogP contribution in [0.15, 0.2) is 54.6 Å². The minimum atomic E-state index is -0.258. The van der Waals surface area contributed by atoms with Crippen LogP contribution >= 0.6 is 0 Å². The molecule has 33 heavy (non-hydrogen) atoms. The standard InChI is InChI=1S/C26H27NO6/c28-22(18-23(29)7-2-21-5-10-25-26(17-21)33-19-32-25)6-1-20-3-8-24(9-4-20)31-16-13-27-11-14-30-15-12-27/h1-10,17H,11-16,18-19H2/b6-1+,7-2+. The van der Waals surface area contributed by atoms with Crippen molar-refractivity contribution in [2.24, 2.45) is 0 Å². The monoisotopic (exact) mass is 449 g/mol. The van der Waals surface area contributed by atoms with Gasteiger partial charge < -0.3 is 18.9 Å². The second kappa shape index (κ2) is 11.4. The van der Waals surface area contributed by atoms with Crippen LogP contribution < -0.4 is 14.2 Å². The van der Waals surface area contributed by atoms with Gasteiger partial charge in [-0.15, -0.1) is 0 Å². The molecule has 2 aromatic rings. The molecule has 2 aromatic carbocycles. The maximum atomic E-state index is 12.1. The van der Waals surface area contributed by atoms with E-state index >= 15 is 0 Å². The Balaban J connectivity index is 1.19. The van der Waals surface area contributed by atoms with Crippen molar-refractivity contribution in [3.8, 4) is 17.2 Å². The molecule has 7 heteroatoms. The molecule has 2 heterocycles. The van der Waals surface area contributed by atoms with Gasteiger partial charge in [-0.1, -0.05) is 30.4 Å². The topological polar surface area (TPSA) is 74.3 Å². The van der Waals surface area contributed by atoms with Gasteiger partial charge in [-0.3, -0.25) is 14.5 Å². The molecule has 172 valence electrons. The summed E-state index contributed by atoms with van der Waals surface area (Å²) >= 11 is 0. The molecule has 0 amide bonds. The number of rotatable bonds is 10. The Hall–Kier alpha value is -3.42. The summed E-state index contributed by atoms with van der Waals surface area (Å²) in [5, 5.41) is 0. The van der Waals surface area contributed by atoms with E-state index in [4.69, 9.17) is 18.9 Å². The van der Waals surface area contributed by atoms with Gasteiger partial charge in [0.25, 0.3) is 0 Å². The van der Waals surface area contributed by atoms with Crippen molar-refractivity contribution in [1.29, 1.82) is 0 Å². The van der Waals surface area contributed by atoms with E-state index in [1.807, 2.05) is 30.3 Å². The van der Waals surface area contributed by atoms with Gasteiger partial charge in [0, 0.05) is 19.6 Å². The molecule has 1 saturated heterocycles. The third-order valence-electron chi connectivity index (χ3n) is 5.33. The first-order valence-corrected chi connectivity index (χ1v) is 11.0. The average molecular weight is 450 g/mol. The molecule has 0 saturated carbocycles. The van der Waals surface area contributed by atoms with E-state index < -0.39 is 0 Å². The predicted octanol–water partition coefficient (Wildman–Crippen LogP) is 3.38. The molecule has 2 aliphatic rings. The SMILES string of the molecule is O=C(/C=C/c1ccc(OCCN2CCOCC2)cc1)CC(=O)/C=C/c1ccc2c(c1)OCO2. The molecule has 1 fully saturated rings. The Morgan fingerprint density at radius 3 is 2.30 bits per heavy atom. The van der Waals surface area contributed by atoms with Crippen molar-refractivity contribution in [3.63, 3.8) is 0 Å². The minimum Gasteiger partial charge on any atom is -0.492 e. The van der Waals surface area contributed by atoms with Crippen molar-refractivity contribution in [2.45, 2.75) is 6.42 Å². The van der Waals surface area contributed by atoms with E-state index in [1.54, 1.807) is 24.3 Å². The molecule has 0 unspecified atom stereocenters. The average Bonchev–Trinajstić information content (AvgIpc) is 3.31. The number of carbonyl (C=O) groups is 2. The number of ketones is 2. The van der Waals surface area contributed by atoms with Gasteiger partial charge >= 0.3 is 0 Å². The van der Waals surface area contributed by atoms with Crippen LogP contribution in [0.1, 0.15) is 17.5 Å². The molecule has 0 aromatic heterocycles. The molecule has 0 bridgehead atoms. The van der Waals surface area contributed by atoms with Crippen molar-refractivity contribution in [2.75, 3.05) is 46.2 Å². The summed E-state index contributed by atoms with van der Waals surface area (Å²) in [5.41, 5.74) is 1.68. The van der Waals surface area contributed by atoms with Gasteiger partial charge in [0.05, 0.1) is 19.6 Å². The smallest absolute Gasteiger partial charge is 0.231 e. The van der Waals surface area contributed by atoms with Gasteiger partial charge in [-0.2, -0.15) is 0 Å². The van der Waals surface area contributed by atoms with Crippen LogP contribution in [0, 0.1) is 0 Å². The number of nitrogens with zero attached hydrogens (tertiary/aromatic N) is 1. The minimum absolute atomic E-state index is 0.180. The predicted molar refractivity (Wildman–Crippen MR) is 124 cm³/mol. The number of ether oxygens (including phenoxy) is 4. The van der Waals surface area contributed by atoms with Crippen molar-refractivity contribution < 1.29 is 28.5 Å². The number of hydrogen-bond donors (Lipinski definition) is 0. The molecule has 0 spiro atoms. The molecule has 4 rings (SSSR count). The maximum Gasteiger partial charge on any atom is 0.231 e. The zero-order chi connectivity index (χ0) is 22.9. The lowest BCUT2D eigenvalue weighted by atomic mass is 10.1. The fourth-order valence-corrected chi connectivity index (χ4v) is 3.48. The summed E-state index contributed by atoms with van der Waals surface area (Å²) in [6.07, 6.45) is 6.03. The molecular formula is C26H27NO6. The molecule has 0 radical (unpaired) electrons. The Morgan fingerprint density at radius 2 is 1.55 bits per heavy atom. The summed E-state index contributed by atoms with van der Waals surface area (Å²) in [6.45, 7) is 5.14. The Labute approximate surface area is 193 Å². The van der Waals surface area contributed by atoms with Crippen LogP contribution in [0.4, 0.5) is 0 Å². The van der Waals surface area contributed by atoms with E-state index in [0.29, 0.717) is 18.1 Å². The van der Waals surface area contributed by atoms with Gasteiger partial charge in [0.15, 0.2) is 23.1 Å². The van der Waals surface area contributed by atoms with E-state index in [9.17, 15) is 9.59 Å². The fraction of sp³-hybridized carbons (Fsp3) is 0.308. The summed E-state index contributed by atoms with van der Waals surface area (Å²) in [6, 6.07) is 12.9. The number of hydrogen-bond acceptors (Lipinski definition) is 7. The number of allylic oxidation sites excluding steroid dienone is 2. The quantitative estimate of drug-likeness (QED) is 0.407. The van der Waals surface area contributed by atoms with Crippen molar-refractivity contribution in [3.05, 3.63) is 65.7 Å². The first-order chi connectivity index (χ1) is 16.2. The maximum absolute atomic E-state index is 12.1. The third-order valence-corrected chi connectivity index (χ3v) is 5.33. The van der Waals surface area contributed by atoms with Gasteiger partial charge in [-0.25, -0.2) is 0 Å². The zero-order valence-corrected chi connectivity index (χ0v) is 18.4. The summed E-state index contributed by atoms with van der Waals surface area (Å²) < 4.78 is 21.7.